The first kappa shape index (κ1) is 13.1. The van der Waals surface area contributed by atoms with E-state index in [1.54, 1.807) is 0 Å². The highest BCUT2D eigenvalue weighted by atomic mass is 35.5. The summed E-state index contributed by atoms with van der Waals surface area (Å²) in [4.78, 5) is 14.2. The number of hydrogen-bond donors (Lipinski definition) is 1. The third kappa shape index (κ3) is 2.44. The van der Waals surface area contributed by atoms with Crippen molar-refractivity contribution in [3.63, 3.8) is 0 Å². The summed E-state index contributed by atoms with van der Waals surface area (Å²) in [6, 6.07) is 0. The van der Waals surface area contributed by atoms with Crippen LogP contribution in [0.4, 0.5) is 0 Å². The van der Waals surface area contributed by atoms with Crippen LogP contribution in [0.2, 0.25) is 0 Å². The highest BCUT2D eigenvalue weighted by Gasteiger charge is 2.43. The molecule has 0 radical (unpaired) electrons. The van der Waals surface area contributed by atoms with Crippen LogP contribution in [-0.4, -0.2) is 49.7 Å². The molecule has 3 rings (SSSR count). The Hall–Kier alpha value is -0.320. The number of likely N-dealkylation sites (tertiary alicyclic amines) is 1. The minimum absolute atomic E-state index is 0. The van der Waals surface area contributed by atoms with E-state index in [1.807, 2.05) is 4.90 Å². The van der Waals surface area contributed by atoms with Crippen LogP contribution in [0.1, 0.15) is 25.7 Å². The van der Waals surface area contributed by atoms with Crippen LogP contribution < -0.4 is 5.32 Å². The average Bonchev–Trinajstić information content (AvgIpc) is 3.01. The first-order chi connectivity index (χ1) is 7.79. The Morgan fingerprint density at radius 3 is 2.94 bits per heavy atom. The summed E-state index contributed by atoms with van der Waals surface area (Å²) in [7, 11) is 0. The van der Waals surface area contributed by atoms with E-state index in [4.69, 9.17) is 4.74 Å². The highest BCUT2D eigenvalue weighted by Crippen LogP contribution is 2.36. The summed E-state index contributed by atoms with van der Waals surface area (Å²) >= 11 is 0. The molecule has 0 bridgehead atoms. The zero-order valence-corrected chi connectivity index (χ0v) is 10.9. The van der Waals surface area contributed by atoms with Gasteiger partial charge in [-0.15, -0.1) is 12.4 Å². The number of amides is 1. The number of carbonyl (C=O) groups is 1. The zero-order chi connectivity index (χ0) is 11.0. The van der Waals surface area contributed by atoms with Gasteiger partial charge in [0.1, 0.15) is 6.10 Å². The van der Waals surface area contributed by atoms with Gasteiger partial charge >= 0.3 is 0 Å². The molecule has 3 saturated heterocycles. The van der Waals surface area contributed by atoms with Gasteiger partial charge in [0.2, 0.25) is 0 Å². The van der Waals surface area contributed by atoms with E-state index in [-0.39, 0.29) is 24.4 Å². The maximum Gasteiger partial charge on any atom is 0.251 e. The molecule has 0 aromatic rings. The van der Waals surface area contributed by atoms with Crippen molar-refractivity contribution in [2.24, 2.45) is 5.41 Å². The van der Waals surface area contributed by atoms with Gasteiger partial charge in [-0.1, -0.05) is 0 Å². The molecule has 1 N–H and O–H groups in total. The molecule has 1 spiro atoms. The molecular formula is C12H21ClN2O2. The average molecular weight is 261 g/mol. The Bertz CT molecular complexity index is 286. The predicted molar refractivity (Wildman–Crippen MR) is 67.3 cm³/mol. The van der Waals surface area contributed by atoms with Crippen LogP contribution in [0.15, 0.2) is 0 Å². The molecule has 0 aromatic heterocycles. The SMILES string of the molecule is Cl.O=C([C@@H]1CCCO1)N1CCC2(CCNC2)C1. The molecular weight excluding hydrogens is 240 g/mol. The van der Waals surface area contributed by atoms with Crippen molar-refractivity contribution in [1.82, 2.24) is 10.2 Å². The lowest BCUT2D eigenvalue weighted by Gasteiger charge is -2.24. The Morgan fingerprint density at radius 1 is 1.41 bits per heavy atom. The first-order valence-electron chi connectivity index (χ1n) is 6.40. The van der Waals surface area contributed by atoms with Gasteiger partial charge < -0.3 is 15.0 Å². The van der Waals surface area contributed by atoms with Gasteiger partial charge in [0.15, 0.2) is 0 Å². The lowest BCUT2D eigenvalue weighted by Crippen LogP contribution is -2.39. The molecule has 0 saturated carbocycles. The molecule has 5 heteroatoms. The van der Waals surface area contributed by atoms with Gasteiger partial charge in [-0.2, -0.15) is 0 Å². The summed E-state index contributed by atoms with van der Waals surface area (Å²) in [5.74, 6) is 0.237. The molecule has 3 fully saturated rings. The highest BCUT2D eigenvalue weighted by molar-refractivity contribution is 5.85. The quantitative estimate of drug-likeness (QED) is 0.758. The minimum Gasteiger partial charge on any atom is -0.368 e. The van der Waals surface area contributed by atoms with Crippen LogP contribution in [0.25, 0.3) is 0 Å². The lowest BCUT2D eigenvalue weighted by atomic mass is 9.86. The molecule has 1 unspecified atom stereocenters. The standard InChI is InChI=1S/C12H20N2O2.ClH/c15-11(10-2-1-7-16-10)14-6-4-12(9-14)3-5-13-8-12;/h10,13H,1-9H2;1H/t10-,12?;/m0./s1. The molecule has 98 valence electrons. The second-order valence-corrected chi connectivity index (χ2v) is 5.44. The summed E-state index contributed by atoms with van der Waals surface area (Å²) < 4.78 is 5.47. The maximum atomic E-state index is 12.2. The largest absolute Gasteiger partial charge is 0.368 e. The summed E-state index contributed by atoms with van der Waals surface area (Å²) in [5, 5.41) is 3.41. The van der Waals surface area contributed by atoms with Crippen molar-refractivity contribution >= 4 is 18.3 Å². The van der Waals surface area contributed by atoms with Gasteiger partial charge in [0.25, 0.3) is 5.91 Å². The topological polar surface area (TPSA) is 41.6 Å². The number of halogens is 1. The first-order valence-corrected chi connectivity index (χ1v) is 6.40. The smallest absolute Gasteiger partial charge is 0.251 e. The number of carbonyl (C=O) groups excluding carboxylic acids is 1. The van der Waals surface area contributed by atoms with Crippen molar-refractivity contribution in [2.75, 3.05) is 32.8 Å². The van der Waals surface area contributed by atoms with E-state index >= 15 is 0 Å². The van der Waals surface area contributed by atoms with Crippen molar-refractivity contribution in [3.8, 4) is 0 Å². The van der Waals surface area contributed by atoms with Crippen molar-refractivity contribution < 1.29 is 9.53 Å². The second-order valence-electron chi connectivity index (χ2n) is 5.44. The van der Waals surface area contributed by atoms with Gasteiger partial charge in [-0.05, 0) is 32.2 Å². The summed E-state index contributed by atoms with van der Waals surface area (Å²) in [6.45, 7) is 4.83. The van der Waals surface area contributed by atoms with Gasteiger partial charge in [-0.25, -0.2) is 0 Å². The molecule has 3 aliphatic heterocycles. The maximum absolute atomic E-state index is 12.2. The van der Waals surface area contributed by atoms with E-state index in [0.717, 1.165) is 45.6 Å². The predicted octanol–water partition coefficient (Wildman–Crippen LogP) is 0.799. The molecule has 2 atom stereocenters. The normalized spacial score (nSPS) is 36.5. The molecule has 17 heavy (non-hydrogen) atoms. The van der Waals surface area contributed by atoms with Gasteiger partial charge in [0.05, 0.1) is 0 Å². The number of rotatable bonds is 1. The van der Waals surface area contributed by atoms with Crippen LogP contribution in [-0.2, 0) is 9.53 Å². The van der Waals surface area contributed by atoms with E-state index in [0.29, 0.717) is 5.41 Å². The second kappa shape index (κ2) is 5.12. The third-order valence-electron chi connectivity index (χ3n) is 4.29. The Morgan fingerprint density at radius 2 is 2.29 bits per heavy atom. The molecule has 0 aromatic carbocycles. The van der Waals surface area contributed by atoms with E-state index in [2.05, 4.69) is 5.32 Å². The Balaban J connectivity index is 0.00000108. The van der Waals surface area contributed by atoms with Crippen molar-refractivity contribution in [2.45, 2.75) is 31.8 Å². The fourth-order valence-electron chi connectivity index (χ4n) is 3.24. The number of nitrogens with one attached hydrogen (secondary N) is 1. The molecule has 4 nitrogen and oxygen atoms in total. The van der Waals surface area contributed by atoms with E-state index < -0.39 is 0 Å². The monoisotopic (exact) mass is 260 g/mol. The van der Waals surface area contributed by atoms with Crippen LogP contribution >= 0.6 is 12.4 Å². The molecule has 0 aliphatic carbocycles. The zero-order valence-electron chi connectivity index (χ0n) is 10.1. The number of nitrogens with zero attached hydrogens (tertiary/aromatic N) is 1. The summed E-state index contributed by atoms with van der Waals surface area (Å²) in [5.41, 5.74) is 0.383. The summed E-state index contributed by atoms with van der Waals surface area (Å²) in [6.07, 6.45) is 4.21. The van der Waals surface area contributed by atoms with Gasteiger partial charge in [0, 0.05) is 31.7 Å². The van der Waals surface area contributed by atoms with Crippen LogP contribution in [0.3, 0.4) is 0 Å². The fraction of sp³-hybridized carbons (Fsp3) is 0.917. The Kier molecular flexibility index (Phi) is 3.95. The minimum atomic E-state index is -0.135. The molecule has 1 amide bonds. The van der Waals surface area contributed by atoms with Crippen LogP contribution in [0.5, 0.6) is 0 Å². The molecule has 3 heterocycles. The van der Waals surface area contributed by atoms with Crippen molar-refractivity contribution in [1.29, 1.82) is 0 Å². The Labute approximate surface area is 108 Å². The fourth-order valence-corrected chi connectivity index (χ4v) is 3.24. The van der Waals surface area contributed by atoms with E-state index in [9.17, 15) is 4.79 Å². The number of hydrogen-bond acceptors (Lipinski definition) is 3. The van der Waals surface area contributed by atoms with Crippen molar-refractivity contribution in [3.05, 3.63) is 0 Å². The molecule has 3 aliphatic rings. The van der Waals surface area contributed by atoms with E-state index in [1.165, 1.54) is 12.8 Å². The number of ether oxygens (including phenoxy) is 1. The third-order valence-corrected chi connectivity index (χ3v) is 4.29. The van der Waals surface area contributed by atoms with Gasteiger partial charge in [-0.3, -0.25) is 4.79 Å². The van der Waals surface area contributed by atoms with Crippen LogP contribution in [0, 0.1) is 5.41 Å². The lowest BCUT2D eigenvalue weighted by molar-refractivity contribution is -0.140.